The third-order valence-electron chi connectivity index (χ3n) is 6.05. The van der Waals surface area contributed by atoms with Crippen molar-refractivity contribution >= 4 is 36.3 Å². The SMILES string of the molecule is C=Nc1c(N(C)CCN(CC)c2ncc(C=O)cn2)nc(-c2ccc(OC)nc2)nc1N1CCOCC1. The van der Waals surface area contributed by atoms with Crippen molar-refractivity contribution in [3.05, 3.63) is 36.3 Å². The smallest absolute Gasteiger partial charge is 0.225 e. The molecule has 1 fully saturated rings. The number of carbonyl (C=O) groups is 1. The van der Waals surface area contributed by atoms with Gasteiger partial charge in [0.05, 0.1) is 25.9 Å². The van der Waals surface area contributed by atoms with E-state index in [2.05, 4.69) is 31.6 Å². The molecule has 0 amide bonds. The molecule has 0 radical (unpaired) electrons. The normalized spacial score (nSPS) is 13.2. The van der Waals surface area contributed by atoms with Crippen molar-refractivity contribution in [1.29, 1.82) is 0 Å². The van der Waals surface area contributed by atoms with Crippen LogP contribution in [0.5, 0.6) is 5.88 Å². The lowest BCUT2D eigenvalue weighted by molar-refractivity contribution is 0.112. The molecule has 0 saturated carbocycles. The van der Waals surface area contributed by atoms with E-state index in [1.807, 2.05) is 29.8 Å². The maximum absolute atomic E-state index is 10.9. The van der Waals surface area contributed by atoms with Crippen LogP contribution < -0.4 is 19.4 Å². The van der Waals surface area contributed by atoms with Crippen molar-refractivity contribution in [3.63, 3.8) is 0 Å². The highest BCUT2D eigenvalue weighted by Crippen LogP contribution is 2.37. The molecule has 1 aliphatic heterocycles. The van der Waals surface area contributed by atoms with Crippen LogP contribution in [0.1, 0.15) is 17.3 Å². The summed E-state index contributed by atoms with van der Waals surface area (Å²) in [7, 11) is 3.54. The van der Waals surface area contributed by atoms with E-state index < -0.39 is 0 Å². The van der Waals surface area contributed by atoms with Crippen molar-refractivity contribution in [2.45, 2.75) is 6.92 Å². The Kier molecular flexibility index (Phi) is 8.52. The van der Waals surface area contributed by atoms with Gasteiger partial charge in [-0.25, -0.2) is 24.9 Å². The molecule has 0 N–H and O–H groups in total. The van der Waals surface area contributed by atoms with Crippen LogP contribution in [-0.2, 0) is 4.74 Å². The van der Waals surface area contributed by atoms with Crippen molar-refractivity contribution < 1.29 is 14.3 Å². The van der Waals surface area contributed by atoms with Gasteiger partial charge in [-0.05, 0) is 19.7 Å². The van der Waals surface area contributed by atoms with Gasteiger partial charge in [-0.3, -0.25) is 9.79 Å². The van der Waals surface area contributed by atoms with Gasteiger partial charge in [-0.15, -0.1) is 0 Å². The van der Waals surface area contributed by atoms with E-state index in [0.29, 0.717) is 86.5 Å². The zero-order valence-electron chi connectivity index (χ0n) is 21.4. The average Bonchev–Trinajstić information content (AvgIpc) is 2.97. The number of hydrogen-bond acceptors (Lipinski definition) is 12. The number of nitrogens with zero attached hydrogens (tertiary/aromatic N) is 9. The molecule has 0 bridgehead atoms. The summed E-state index contributed by atoms with van der Waals surface area (Å²) in [5, 5.41) is 0. The predicted molar refractivity (Wildman–Crippen MR) is 143 cm³/mol. The molecular weight excluding hydrogens is 474 g/mol. The second kappa shape index (κ2) is 12.2. The number of aromatic nitrogens is 5. The molecule has 0 spiro atoms. The number of methoxy groups -OCH3 is 1. The first-order valence-corrected chi connectivity index (χ1v) is 12.0. The second-order valence-electron chi connectivity index (χ2n) is 8.33. The maximum Gasteiger partial charge on any atom is 0.225 e. The van der Waals surface area contributed by atoms with Crippen LogP contribution in [-0.4, -0.2) is 98.0 Å². The molecule has 194 valence electrons. The average molecular weight is 506 g/mol. The van der Waals surface area contributed by atoms with Crippen LogP contribution in [0.2, 0.25) is 0 Å². The lowest BCUT2D eigenvalue weighted by Gasteiger charge is -2.31. The number of morpholine rings is 1. The van der Waals surface area contributed by atoms with Crippen molar-refractivity contribution in [3.8, 4) is 17.3 Å². The predicted octanol–water partition coefficient (Wildman–Crippen LogP) is 2.28. The summed E-state index contributed by atoms with van der Waals surface area (Å²) < 4.78 is 10.7. The molecule has 12 nitrogen and oxygen atoms in total. The molecule has 4 heterocycles. The second-order valence-corrected chi connectivity index (χ2v) is 8.33. The van der Waals surface area contributed by atoms with Gasteiger partial charge in [0, 0.05) is 70.0 Å². The minimum atomic E-state index is 0.441. The third kappa shape index (κ3) is 5.97. The highest BCUT2D eigenvalue weighted by molar-refractivity contribution is 5.80. The third-order valence-corrected chi connectivity index (χ3v) is 6.05. The minimum absolute atomic E-state index is 0.441. The first-order chi connectivity index (χ1) is 18.1. The lowest BCUT2D eigenvalue weighted by Crippen LogP contribution is -2.37. The molecule has 3 aromatic rings. The van der Waals surface area contributed by atoms with E-state index in [1.54, 1.807) is 19.4 Å². The number of anilines is 3. The molecule has 12 heteroatoms. The number of pyridine rings is 1. The van der Waals surface area contributed by atoms with Crippen molar-refractivity contribution in [2.24, 2.45) is 4.99 Å². The highest BCUT2D eigenvalue weighted by Gasteiger charge is 2.24. The fourth-order valence-corrected chi connectivity index (χ4v) is 3.93. The van der Waals surface area contributed by atoms with Crippen molar-refractivity contribution in [2.75, 3.05) is 74.8 Å². The summed E-state index contributed by atoms with van der Waals surface area (Å²) in [6, 6.07) is 3.67. The number of rotatable bonds is 11. The summed E-state index contributed by atoms with van der Waals surface area (Å²) in [6.07, 6.45) is 5.47. The quantitative estimate of drug-likeness (QED) is 0.282. The molecule has 0 aromatic carbocycles. The van der Waals surface area contributed by atoms with Gasteiger partial charge in [0.2, 0.25) is 11.8 Å². The summed E-state index contributed by atoms with van der Waals surface area (Å²) in [4.78, 5) is 44.2. The van der Waals surface area contributed by atoms with Crippen LogP contribution >= 0.6 is 0 Å². The van der Waals surface area contributed by atoms with Gasteiger partial charge in [0.1, 0.15) is 5.69 Å². The van der Waals surface area contributed by atoms with E-state index in [0.717, 1.165) is 11.8 Å². The Morgan fingerprint density at radius 1 is 1.14 bits per heavy atom. The molecule has 0 unspecified atom stereocenters. The first kappa shape index (κ1) is 25.9. The van der Waals surface area contributed by atoms with E-state index in [-0.39, 0.29) is 0 Å². The van der Waals surface area contributed by atoms with Crippen LogP contribution in [0, 0.1) is 0 Å². The zero-order valence-corrected chi connectivity index (χ0v) is 21.4. The molecule has 37 heavy (non-hydrogen) atoms. The zero-order chi connectivity index (χ0) is 26.2. The van der Waals surface area contributed by atoms with Crippen molar-refractivity contribution in [1.82, 2.24) is 24.9 Å². The Balaban J connectivity index is 1.65. The fraction of sp³-hybridized carbons (Fsp3) is 0.400. The van der Waals surface area contributed by atoms with E-state index >= 15 is 0 Å². The number of ether oxygens (including phenoxy) is 2. The first-order valence-electron chi connectivity index (χ1n) is 12.0. The Morgan fingerprint density at radius 2 is 1.89 bits per heavy atom. The van der Waals surface area contributed by atoms with E-state index in [4.69, 9.17) is 19.4 Å². The van der Waals surface area contributed by atoms with E-state index in [1.165, 1.54) is 12.4 Å². The van der Waals surface area contributed by atoms with Gasteiger partial charge in [0.15, 0.2) is 23.7 Å². The molecule has 4 rings (SSSR count). The Bertz CT molecular complexity index is 1200. The molecule has 3 aromatic heterocycles. The van der Waals surface area contributed by atoms with Gasteiger partial charge in [-0.1, -0.05) is 0 Å². The number of aldehydes is 1. The molecule has 0 aliphatic carbocycles. The largest absolute Gasteiger partial charge is 0.481 e. The van der Waals surface area contributed by atoms with Gasteiger partial charge in [0.25, 0.3) is 0 Å². The molecule has 0 atom stereocenters. The van der Waals surface area contributed by atoms with Gasteiger partial charge < -0.3 is 24.2 Å². The summed E-state index contributed by atoms with van der Waals surface area (Å²) >= 11 is 0. The lowest BCUT2D eigenvalue weighted by atomic mass is 10.2. The Labute approximate surface area is 216 Å². The topological polar surface area (TPSA) is 122 Å². The Morgan fingerprint density at radius 3 is 2.49 bits per heavy atom. The monoisotopic (exact) mass is 505 g/mol. The van der Waals surface area contributed by atoms with Crippen LogP contribution in [0.4, 0.5) is 23.3 Å². The number of likely N-dealkylation sites (N-methyl/N-ethyl adjacent to an activating group) is 2. The number of aliphatic imine (C=N–C) groups is 1. The number of carbonyl (C=O) groups excluding carboxylic acids is 1. The maximum atomic E-state index is 10.9. The molecule has 1 saturated heterocycles. The van der Waals surface area contributed by atoms with Crippen LogP contribution in [0.15, 0.2) is 35.7 Å². The standard InChI is InChI=1S/C25H31N9O3/c1-5-33(25-28-14-18(17-35)15-29-25)9-8-32(3)23-21(26-2)24(34-10-12-37-13-11-34)31-22(30-23)19-6-7-20(36-4)27-16-19/h6-7,14-17H,2,5,8-13H2,1,3-4H3. The fourth-order valence-electron chi connectivity index (χ4n) is 3.93. The minimum Gasteiger partial charge on any atom is -0.481 e. The van der Waals surface area contributed by atoms with Crippen LogP contribution in [0.25, 0.3) is 11.4 Å². The van der Waals surface area contributed by atoms with E-state index in [9.17, 15) is 4.79 Å². The molecular formula is C25H31N9O3. The summed E-state index contributed by atoms with van der Waals surface area (Å²) in [5.41, 5.74) is 1.82. The van der Waals surface area contributed by atoms with Gasteiger partial charge >= 0.3 is 0 Å². The van der Waals surface area contributed by atoms with Crippen LogP contribution in [0.3, 0.4) is 0 Å². The molecule has 1 aliphatic rings. The summed E-state index contributed by atoms with van der Waals surface area (Å²) in [6.45, 7) is 10.4. The number of hydrogen-bond donors (Lipinski definition) is 0. The summed E-state index contributed by atoms with van der Waals surface area (Å²) in [5.74, 6) is 2.98. The Hall–Kier alpha value is -4.19. The highest BCUT2D eigenvalue weighted by atomic mass is 16.5. The van der Waals surface area contributed by atoms with Gasteiger partial charge in [-0.2, -0.15) is 0 Å².